The molecule has 0 aliphatic carbocycles. The topological polar surface area (TPSA) is 86.8 Å². The second kappa shape index (κ2) is 12.5. The normalized spacial score (nSPS) is 12.5. The molecule has 0 aliphatic rings. The van der Waals surface area contributed by atoms with Crippen molar-refractivity contribution in [2.75, 3.05) is 10.8 Å². The predicted octanol–water partition coefficient (Wildman–Crippen LogP) is 5.94. The zero-order chi connectivity index (χ0) is 29.0. The van der Waals surface area contributed by atoms with Gasteiger partial charge in [0.15, 0.2) is 0 Å². The van der Waals surface area contributed by atoms with Gasteiger partial charge in [-0.3, -0.25) is 13.9 Å². The number of aryl methyl sites for hydroxylation is 1. The minimum Gasteiger partial charge on any atom is -0.350 e. The maximum Gasteiger partial charge on any atom is 0.264 e. The maximum atomic E-state index is 14.0. The lowest BCUT2D eigenvalue weighted by Crippen LogP contribution is -2.54. The van der Waals surface area contributed by atoms with Crippen LogP contribution in [0.4, 0.5) is 5.69 Å². The van der Waals surface area contributed by atoms with Crippen LogP contribution in [0.2, 0.25) is 5.02 Å². The molecule has 0 fully saturated rings. The summed E-state index contributed by atoms with van der Waals surface area (Å²) in [6.45, 7) is 8.59. The summed E-state index contributed by atoms with van der Waals surface area (Å²) in [7, 11) is -4.18. The van der Waals surface area contributed by atoms with Crippen LogP contribution in [0.1, 0.15) is 38.8 Å². The number of carbonyl (C=O) groups is 2. The average molecular weight is 635 g/mol. The largest absolute Gasteiger partial charge is 0.350 e. The van der Waals surface area contributed by atoms with Crippen LogP contribution in [0.3, 0.4) is 0 Å². The Morgan fingerprint density at radius 1 is 1.00 bits per heavy atom. The molecule has 7 nitrogen and oxygen atoms in total. The number of carbonyl (C=O) groups excluding carboxylic acids is 2. The molecule has 39 heavy (non-hydrogen) atoms. The van der Waals surface area contributed by atoms with Crippen molar-refractivity contribution in [2.24, 2.45) is 0 Å². The van der Waals surface area contributed by atoms with E-state index in [1.165, 1.54) is 17.0 Å². The van der Waals surface area contributed by atoms with Crippen LogP contribution in [-0.4, -0.2) is 43.3 Å². The molecule has 0 saturated heterocycles. The molecule has 10 heteroatoms. The number of nitrogens with one attached hydrogen (secondary N) is 1. The number of halogens is 2. The zero-order valence-electron chi connectivity index (χ0n) is 22.6. The first-order valence-corrected chi connectivity index (χ1v) is 15.0. The van der Waals surface area contributed by atoms with Crippen molar-refractivity contribution in [3.8, 4) is 0 Å². The van der Waals surface area contributed by atoms with Crippen molar-refractivity contribution >= 4 is 55.1 Å². The lowest BCUT2D eigenvalue weighted by atomic mass is 10.1. The highest BCUT2D eigenvalue weighted by Gasteiger charge is 2.34. The van der Waals surface area contributed by atoms with Gasteiger partial charge in [-0.15, -0.1) is 0 Å². The third kappa shape index (κ3) is 8.06. The molecule has 1 atom stereocenters. The average Bonchev–Trinajstić information content (AvgIpc) is 2.85. The summed E-state index contributed by atoms with van der Waals surface area (Å²) in [6, 6.07) is 19.3. The first-order valence-electron chi connectivity index (χ1n) is 12.4. The molecule has 0 unspecified atom stereocenters. The molecule has 0 bridgehead atoms. The van der Waals surface area contributed by atoms with Crippen molar-refractivity contribution in [2.45, 2.75) is 57.6 Å². The molecule has 208 valence electrons. The highest BCUT2D eigenvalue weighted by atomic mass is 79.9. The minimum atomic E-state index is -4.18. The Kier molecular flexibility index (Phi) is 9.85. The van der Waals surface area contributed by atoms with Crippen LogP contribution >= 0.6 is 27.5 Å². The first kappa shape index (κ1) is 30.7. The van der Waals surface area contributed by atoms with E-state index in [9.17, 15) is 18.0 Å². The van der Waals surface area contributed by atoms with E-state index in [0.29, 0.717) is 0 Å². The summed E-state index contributed by atoms with van der Waals surface area (Å²) in [5.74, 6) is -0.904. The molecule has 2 amide bonds. The molecule has 3 rings (SSSR count). The monoisotopic (exact) mass is 633 g/mol. The standard InChI is InChI=1S/C29H33BrClN3O4S/c1-20-13-15-24(16-14-20)39(37,38)34(26-12-7-6-11-25(26)31)19-27(35)33(18-22-9-8-10-23(30)17-22)21(2)28(36)32-29(3,4)5/h6-17,21H,18-19H2,1-5H3,(H,32,36)/t21-/m0/s1. The van der Waals surface area contributed by atoms with Crippen LogP contribution in [0, 0.1) is 6.92 Å². The Bertz CT molecular complexity index is 1440. The van der Waals surface area contributed by atoms with Gasteiger partial charge in [0.1, 0.15) is 12.6 Å². The number of hydrogen-bond acceptors (Lipinski definition) is 4. The third-order valence-corrected chi connectivity index (χ3v) is 8.50. The van der Waals surface area contributed by atoms with Crippen molar-refractivity contribution in [3.05, 3.63) is 93.4 Å². The van der Waals surface area contributed by atoms with Crippen LogP contribution in [0.5, 0.6) is 0 Å². The van der Waals surface area contributed by atoms with Crippen molar-refractivity contribution < 1.29 is 18.0 Å². The van der Waals surface area contributed by atoms with Gasteiger partial charge in [0.2, 0.25) is 11.8 Å². The predicted molar refractivity (Wildman–Crippen MR) is 159 cm³/mol. The van der Waals surface area contributed by atoms with Gasteiger partial charge < -0.3 is 10.2 Å². The molecule has 0 heterocycles. The number of nitrogens with zero attached hydrogens (tertiary/aromatic N) is 2. The molecule has 0 saturated carbocycles. The Hall–Kier alpha value is -2.88. The Labute approximate surface area is 244 Å². The lowest BCUT2D eigenvalue weighted by Gasteiger charge is -2.33. The molecule has 0 spiro atoms. The van der Waals surface area contributed by atoms with Gasteiger partial charge in [-0.25, -0.2) is 8.42 Å². The molecular formula is C29H33BrClN3O4S. The fraction of sp³-hybridized carbons (Fsp3) is 0.310. The number of rotatable bonds is 9. The van der Waals surface area contributed by atoms with Crippen LogP contribution in [-0.2, 0) is 26.2 Å². The van der Waals surface area contributed by atoms with Crippen molar-refractivity contribution in [3.63, 3.8) is 0 Å². The van der Waals surface area contributed by atoms with Gasteiger partial charge in [0.05, 0.1) is 15.6 Å². The van der Waals surface area contributed by atoms with Crippen LogP contribution in [0.25, 0.3) is 0 Å². The summed E-state index contributed by atoms with van der Waals surface area (Å²) < 4.78 is 29.5. The van der Waals surface area contributed by atoms with Gasteiger partial charge in [-0.05, 0) is 76.6 Å². The van der Waals surface area contributed by atoms with E-state index in [1.54, 1.807) is 43.3 Å². The molecule has 3 aromatic carbocycles. The van der Waals surface area contributed by atoms with Gasteiger partial charge >= 0.3 is 0 Å². The number of anilines is 1. The smallest absolute Gasteiger partial charge is 0.264 e. The lowest BCUT2D eigenvalue weighted by molar-refractivity contribution is -0.140. The Balaban J connectivity index is 2.05. The SMILES string of the molecule is Cc1ccc(S(=O)(=O)N(CC(=O)N(Cc2cccc(Br)c2)[C@@H](C)C(=O)NC(C)(C)C)c2ccccc2Cl)cc1. The summed E-state index contributed by atoms with van der Waals surface area (Å²) in [4.78, 5) is 28.5. The highest BCUT2D eigenvalue weighted by molar-refractivity contribution is 9.10. The van der Waals surface area contributed by atoms with E-state index in [-0.39, 0.29) is 28.1 Å². The number of sulfonamides is 1. The van der Waals surface area contributed by atoms with Crippen molar-refractivity contribution in [1.82, 2.24) is 10.2 Å². The van der Waals surface area contributed by atoms with Gasteiger partial charge in [0, 0.05) is 16.6 Å². The quantitative estimate of drug-likeness (QED) is 0.316. The number of hydrogen-bond donors (Lipinski definition) is 1. The fourth-order valence-corrected chi connectivity index (χ4v) is 6.06. The van der Waals surface area contributed by atoms with E-state index in [2.05, 4.69) is 21.2 Å². The second-order valence-corrected chi connectivity index (χ2v) is 13.5. The molecular weight excluding hydrogens is 602 g/mol. The van der Waals surface area contributed by atoms with E-state index < -0.39 is 34.1 Å². The molecule has 1 N–H and O–H groups in total. The zero-order valence-corrected chi connectivity index (χ0v) is 25.8. The maximum absolute atomic E-state index is 14.0. The summed E-state index contributed by atoms with van der Waals surface area (Å²) in [5, 5.41) is 3.09. The van der Waals surface area contributed by atoms with Gasteiger partial charge in [-0.1, -0.05) is 69.5 Å². The fourth-order valence-electron chi connectivity index (χ4n) is 3.89. The summed E-state index contributed by atoms with van der Waals surface area (Å²) in [5.41, 5.74) is 1.32. The third-order valence-electron chi connectivity index (χ3n) is 5.92. The van der Waals surface area contributed by atoms with E-state index in [0.717, 1.165) is 19.9 Å². The highest BCUT2D eigenvalue weighted by Crippen LogP contribution is 2.31. The van der Waals surface area contributed by atoms with Gasteiger partial charge in [0.25, 0.3) is 10.0 Å². The van der Waals surface area contributed by atoms with E-state index in [4.69, 9.17) is 11.6 Å². The molecule has 0 aromatic heterocycles. The van der Waals surface area contributed by atoms with Crippen molar-refractivity contribution in [1.29, 1.82) is 0 Å². The Morgan fingerprint density at radius 3 is 2.23 bits per heavy atom. The Morgan fingerprint density at radius 2 is 1.64 bits per heavy atom. The first-order chi connectivity index (χ1) is 18.2. The van der Waals surface area contributed by atoms with E-state index >= 15 is 0 Å². The second-order valence-electron chi connectivity index (χ2n) is 10.3. The number of para-hydroxylation sites is 1. The molecule has 0 radical (unpaired) electrons. The summed E-state index contributed by atoms with van der Waals surface area (Å²) in [6.07, 6.45) is 0. The van der Waals surface area contributed by atoms with Gasteiger partial charge in [-0.2, -0.15) is 0 Å². The molecule has 0 aliphatic heterocycles. The number of benzene rings is 3. The summed E-state index contributed by atoms with van der Waals surface area (Å²) >= 11 is 9.88. The van der Waals surface area contributed by atoms with Crippen LogP contribution in [0.15, 0.2) is 82.2 Å². The minimum absolute atomic E-state index is 0.0258. The molecule has 3 aromatic rings. The number of amides is 2. The van der Waals surface area contributed by atoms with Crippen LogP contribution < -0.4 is 9.62 Å². The van der Waals surface area contributed by atoms with E-state index in [1.807, 2.05) is 52.0 Å².